The van der Waals surface area contributed by atoms with E-state index < -0.39 is 17.6 Å². The molecule has 0 radical (unpaired) electrons. The maximum Gasteiger partial charge on any atom is 0.416 e. The number of carbonyl (C=O) groups excluding carboxylic acids is 1. The molecule has 1 saturated carbocycles. The molecule has 0 aliphatic heterocycles. The van der Waals surface area contributed by atoms with E-state index >= 15 is 0 Å². The molecule has 1 fully saturated rings. The van der Waals surface area contributed by atoms with Gasteiger partial charge in [-0.25, -0.2) is 15.0 Å². The van der Waals surface area contributed by atoms with Crippen LogP contribution in [0, 0.1) is 6.92 Å². The lowest BCUT2D eigenvalue weighted by Gasteiger charge is -2.30. The number of hydrogen-bond donors (Lipinski definition) is 4. The first-order valence-corrected chi connectivity index (χ1v) is 11.7. The molecule has 2 atom stereocenters. The lowest BCUT2D eigenvalue weighted by Crippen LogP contribution is -2.38. The zero-order valence-corrected chi connectivity index (χ0v) is 19.8. The molecule has 1 aromatic heterocycles. The first-order chi connectivity index (χ1) is 17.1. The number of nitrogens with one attached hydrogen (secondary N) is 2. The Balaban J connectivity index is 1.57. The van der Waals surface area contributed by atoms with E-state index in [1.807, 2.05) is 25.1 Å². The van der Waals surface area contributed by atoms with Gasteiger partial charge in [0.05, 0.1) is 23.2 Å². The van der Waals surface area contributed by atoms with Gasteiger partial charge >= 0.3 is 6.18 Å². The Bertz CT molecular complexity index is 1270. The minimum Gasteiger partial charge on any atom is -0.370 e. The second kappa shape index (κ2) is 10.4. The van der Waals surface area contributed by atoms with E-state index in [0.29, 0.717) is 16.9 Å². The van der Waals surface area contributed by atoms with E-state index in [1.165, 1.54) is 12.1 Å². The summed E-state index contributed by atoms with van der Waals surface area (Å²) in [6, 6.07) is 10.1. The third-order valence-corrected chi connectivity index (χ3v) is 6.16. The van der Waals surface area contributed by atoms with Gasteiger partial charge in [0.2, 0.25) is 5.82 Å². The van der Waals surface area contributed by atoms with Crippen molar-refractivity contribution in [1.82, 2.24) is 15.3 Å². The van der Waals surface area contributed by atoms with Crippen LogP contribution in [0.1, 0.15) is 53.0 Å². The minimum absolute atomic E-state index is 0.0282. The third-order valence-electron chi connectivity index (χ3n) is 6.16. The highest BCUT2D eigenvalue weighted by Gasteiger charge is 2.30. The van der Waals surface area contributed by atoms with Gasteiger partial charge in [-0.1, -0.05) is 36.6 Å². The van der Waals surface area contributed by atoms with Crippen molar-refractivity contribution in [3.8, 4) is 0 Å². The van der Waals surface area contributed by atoms with Crippen LogP contribution in [-0.4, -0.2) is 33.9 Å². The number of rotatable bonds is 6. The van der Waals surface area contributed by atoms with Gasteiger partial charge in [-0.05, 0) is 49.6 Å². The second-order valence-corrected chi connectivity index (χ2v) is 8.95. The Labute approximate surface area is 206 Å². The van der Waals surface area contributed by atoms with Crippen LogP contribution >= 0.6 is 0 Å². The van der Waals surface area contributed by atoms with E-state index in [2.05, 4.69) is 25.6 Å². The normalized spacial score (nSPS) is 18.0. The number of nitrogens with two attached hydrogens (primary N) is 2. The van der Waals surface area contributed by atoms with Gasteiger partial charge in [0.25, 0.3) is 5.91 Å². The molecule has 1 aliphatic rings. The highest BCUT2D eigenvalue weighted by atomic mass is 19.4. The van der Waals surface area contributed by atoms with Crippen molar-refractivity contribution in [1.29, 1.82) is 0 Å². The number of anilines is 1. The Morgan fingerprint density at radius 1 is 1.08 bits per heavy atom. The topological polar surface area (TPSA) is 131 Å². The molecule has 8 nitrogen and oxygen atoms in total. The number of aryl methyl sites for hydroxylation is 1. The summed E-state index contributed by atoms with van der Waals surface area (Å²) in [4.78, 5) is 26.2. The number of aliphatic imine (C=N–C) groups is 1. The smallest absolute Gasteiger partial charge is 0.370 e. The zero-order chi connectivity index (χ0) is 25.9. The summed E-state index contributed by atoms with van der Waals surface area (Å²) in [7, 11) is 0. The Morgan fingerprint density at radius 3 is 2.50 bits per heavy atom. The van der Waals surface area contributed by atoms with Crippen LogP contribution < -0.4 is 22.1 Å². The van der Waals surface area contributed by atoms with Gasteiger partial charge in [0.15, 0.2) is 5.96 Å². The van der Waals surface area contributed by atoms with Gasteiger partial charge in [0.1, 0.15) is 5.82 Å². The van der Waals surface area contributed by atoms with Crippen LogP contribution in [0.5, 0.6) is 0 Å². The highest BCUT2D eigenvalue weighted by molar-refractivity contribution is 5.96. The van der Waals surface area contributed by atoms with Crippen molar-refractivity contribution in [2.45, 2.75) is 57.4 Å². The summed E-state index contributed by atoms with van der Waals surface area (Å²) >= 11 is 0. The van der Waals surface area contributed by atoms with Crippen molar-refractivity contribution >= 4 is 28.6 Å². The second-order valence-electron chi connectivity index (χ2n) is 8.95. The van der Waals surface area contributed by atoms with E-state index in [0.717, 1.165) is 48.8 Å². The fourth-order valence-electron chi connectivity index (χ4n) is 4.33. The molecule has 190 valence electrons. The predicted octanol–water partition coefficient (Wildman–Crippen LogP) is 3.88. The lowest BCUT2D eigenvalue weighted by atomic mass is 9.90. The van der Waals surface area contributed by atoms with Crippen LogP contribution in [0.4, 0.5) is 19.0 Å². The van der Waals surface area contributed by atoms with E-state index in [4.69, 9.17) is 11.5 Å². The number of fused-ring (bicyclic) bond motifs is 1. The molecule has 1 heterocycles. The zero-order valence-electron chi connectivity index (χ0n) is 19.8. The Morgan fingerprint density at radius 2 is 1.81 bits per heavy atom. The molecule has 11 heteroatoms. The molecule has 6 N–H and O–H groups in total. The Kier molecular flexibility index (Phi) is 7.27. The van der Waals surface area contributed by atoms with Crippen LogP contribution in [0.3, 0.4) is 0 Å². The molecule has 3 aromatic rings. The number of halogens is 3. The summed E-state index contributed by atoms with van der Waals surface area (Å²) in [5, 5.41) is 6.89. The fraction of sp³-hybridized carbons (Fsp3) is 0.360. The predicted molar refractivity (Wildman–Crippen MR) is 132 cm³/mol. The number of guanidine groups is 1. The quantitative estimate of drug-likeness (QED) is 0.301. The van der Waals surface area contributed by atoms with Crippen molar-refractivity contribution in [3.05, 3.63) is 65.0 Å². The number of nitrogens with zero attached hydrogens (tertiary/aromatic N) is 3. The number of benzene rings is 2. The summed E-state index contributed by atoms with van der Waals surface area (Å²) in [6.07, 6.45) is -0.717. The Hall–Kier alpha value is -3.89. The van der Waals surface area contributed by atoms with Gasteiger partial charge in [-0.2, -0.15) is 13.2 Å². The molecule has 36 heavy (non-hydrogen) atoms. The molecule has 0 saturated heterocycles. The molecule has 1 amide bonds. The number of carbonyl (C=O) groups is 1. The largest absolute Gasteiger partial charge is 0.416 e. The summed E-state index contributed by atoms with van der Waals surface area (Å²) in [6.45, 7) is 1.99. The molecule has 0 bridgehead atoms. The van der Waals surface area contributed by atoms with E-state index in [-0.39, 0.29) is 30.4 Å². The van der Waals surface area contributed by atoms with Crippen molar-refractivity contribution in [2.75, 3.05) is 5.32 Å². The lowest BCUT2D eigenvalue weighted by molar-refractivity contribution is -0.137. The van der Waals surface area contributed by atoms with Gasteiger partial charge in [-0.3, -0.25) is 4.79 Å². The number of aromatic nitrogens is 2. The summed E-state index contributed by atoms with van der Waals surface area (Å²) in [5.41, 5.74) is 12.6. The molecule has 4 rings (SSSR count). The standard InChI is InChI=1S/C25H28F3N7O/c1-14-6-11-18-17(12-14)21(33-19-4-2-3-5-20(19)34-24(29)30)35-22(32-18)23(36)31-13-15-7-9-16(10-8-15)25(26,27)28/h6-12,19-20H,2-5,13H2,1H3,(H,31,36)(H4,29,30,34)(H,32,33,35). The van der Waals surface area contributed by atoms with Gasteiger partial charge in [0, 0.05) is 11.9 Å². The maximum atomic E-state index is 12.9. The van der Waals surface area contributed by atoms with Crippen molar-refractivity contribution in [3.63, 3.8) is 0 Å². The van der Waals surface area contributed by atoms with Gasteiger partial charge < -0.3 is 22.1 Å². The molecule has 1 aliphatic carbocycles. The van der Waals surface area contributed by atoms with E-state index in [1.54, 1.807) is 0 Å². The SMILES string of the molecule is Cc1ccc2nc(C(=O)NCc3ccc(C(F)(F)F)cc3)nc(NC3CCCCC3N=C(N)N)c2c1. The van der Waals surface area contributed by atoms with Crippen molar-refractivity contribution in [2.24, 2.45) is 16.5 Å². The van der Waals surface area contributed by atoms with Crippen molar-refractivity contribution < 1.29 is 18.0 Å². The van der Waals surface area contributed by atoms with Crippen LogP contribution in [0.25, 0.3) is 10.9 Å². The van der Waals surface area contributed by atoms with E-state index in [9.17, 15) is 18.0 Å². The molecular formula is C25H28F3N7O. The van der Waals surface area contributed by atoms with Gasteiger partial charge in [-0.15, -0.1) is 0 Å². The maximum absolute atomic E-state index is 12.9. The number of alkyl halides is 3. The molecule has 2 unspecified atom stereocenters. The molecule has 0 spiro atoms. The average Bonchev–Trinajstić information content (AvgIpc) is 2.83. The average molecular weight is 500 g/mol. The third kappa shape index (κ3) is 6.02. The number of hydrogen-bond acceptors (Lipinski definition) is 5. The van der Waals surface area contributed by atoms with Crippen LogP contribution in [0.15, 0.2) is 47.5 Å². The summed E-state index contributed by atoms with van der Waals surface area (Å²) < 4.78 is 38.4. The monoisotopic (exact) mass is 499 g/mol. The first-order valence-electron chi connectivity index (χ1n) is 11.7. The number of amides is 1. The summed E-state index contributed by atoms with van der Waals surface area (Å²) in [5.74, 6) is -0.0497. The van der Waals surface area contributed by atoms with Crippen LogP contribution in [-0.2, 0) is 12.7 Å². The first kappa shape index (κ1) is 25.2. The van der Waals surface area contributed by atoms with Crippen LogP contribution in [0.2, 0.25) is 0 Å². The molecule has 2 aromatic carbocycles. The fourth-order valence-corrected chi connectivity index (χ4v) is 4.33. The molecular weight excluding hydrogens is 471 g/mol. The highest BCUT2D eigenvalue weighted by Crippen LogP contribution is 2.30. The minimum atomic E-state index is -4.42.